The van der Waals surface area contributed by atoms with E-state index in [2.05, 4.69) is 25.7 Å². The number of aromatic nitrogens is 2. The highest BCUT2D eigenvalue weighted by Crippen LogP contribution is 2.28. The minimum absolute atomic E-state index is 0.210. The summed E-state index contributed by atoms with van der Waals surface area (Å²) in [5.41, 5.74) is 1.30. The van der Waals surface area contributed by atoms with Crippen molar-refractivity contribution in [2.24, 2.45) is 0 Å². The van der Waals surface area contributed by atoms with Gasteiger partial charge in [0.05, 0.1) is 19.7 Å². The number of hydrogen-bond donors (Lipinski definition) is 2. The van der Waals surface area contributed by atoms with E-state index >= 15 is 0 Å². The fourth-order valence-corrected chi connectivity index (χ4v) is 4.28. The highest BCUT2D eigenvalue weighted by atomic mass is 16.5. The maximum Gasteiger partial charge on any atom is 0.258 e. The zero-order chi connectivity index (χ0) is 25.1. The van der Waals surface area contributed by atoms with E-state index in [4.69, 9.17) is 18.7 Å². The number of rotatable bonds is 3. The van der Waals surface area contributed by atoms with Crippen molar-refractivity contribution in [3.8, 4) is 17.2 Å². The molecule has 36 heavy (non-hydrogen) atoms. The number of nitrogens with zero attached hydrogens (tertiary/aromatic N) is 3. The Labute approximate surface area is 207 Å². The molecule has 3 aromatic rings. The fraction of sp³-hybridized carbons (Fsp3) is 0.360. The lowest BCUT2D eigenvalue weighted by atomic mass is 10.1. The number of ether oxygens (including phenoxy) is 3. The zero-order valence-electron chi connectivity index (χ0n) is 20.0. The molecule has 2 N–H and O–H groups in total. The first-order chi connectivity index (χ1) is 17.5. The molecule has 11 heteroatoms. The fourth-order valence-electron chi connectivity index (χ4n) is 4.28. The van der Waals surface area contributed by atoms with Gasteiger partial charge in [0.1, 0.15) is 11.9 Å². The van der Waals surface area contributed by atoms with Gasteiger partial charge in [0.25, 0.3) is 11.8 Å². The molecule has 0 radical (unpaired) electrons. The minimum atomic E-state index is -0.308. The summed E-state index contributed by atoms with van der Waals surface area (Å²) in [7, 11) is 1.50. The maximum atomic E-state index is 13.2. The summed E-state index contributed by atoms with van der Waals surface area (Å²) in [6, 6.07) is 12.1. The second kappa shape index (κ2) is 10.2. The van der Waals surface area contributed by atoms with Crippen LogP contribution in [0.25, 0.3) is 0 Å². The molecular weight excluding hydrogens is 466 g/mol. The minimum Gasteiger partial charge on any atom is -0.493 e. The topological polar surface area (TPSA) is 128 Å². The van der Waals surface area contributed by atoms with E-state index in [9.17, 15) is 9.59 Å². The molecule has 0 aliphatic carbocycles. The third-order valence-corrected chi connectivity index (χ3v) is 6.08. The molecule has 1 saturated heterocycles. The predicted molar refractivity (Wildman–Crippen MR) is 127 cm³/mol. The SMILES string of the molecule is COc1ccc2cc1OCC(=O)NCc1ccc(cc1)O[C@H]1CN(Cc3noc(C)n3)C[C@@H]1NC2=O. The maximum absolute atomic E-state index is 13.2. The molecule has 0 unspecified atom stereocenters. The van der Waals surface area contributed by atoms with Crippen molar-refractivity contribution in [3.05, 3.63) is 65.3 Å². The van der Waals surface area contributed by atoms with Gasteiger partial charge < -0.3 is 29.4 Å². The molecule has 1 fully saturated rings. The van der Waals surface area contributed by atoms with Crippen molar-refractivity contribution in [3.63, 3.8) is 0 Å². The first-order valence-corrected chi connectivity index (χ1v) is 11.6. The van der Waals surface area contributed by atoms with Crippen LogP contribution in [0, 0.1) is 6.92 Å². The molecule has 4 bridgehead atoms. The second-order valence-corrected chi connectivity index (χ2v) is 8.73. The molecular formula is C25H27N5O6. The van der Waals surface area contributed by atoms with Crippen LogP contribution in [0.2, 0.25) is 0 Å². The van der Waals surface area contributed by atoms with Gasteiger partial charge in [-0.2, -0.15) is 4.98 Å². The Kier molecular flexibility index (Phi) is 6.72. The first kappa shape index (κ1) is 23.6. The third kappa shape index (κ3) is 5.41. The predicted octanol–water partition coefficient (Wildman–Crippen LogP) is 1.46. The van der Waals surface area contributed by atoms with Crippen LogP contribution in [-0.4, -0.2) is 65.8 Å². The Bertz CT molecular complexity index is 1240. The quantitative estimate of drug-likeness (QED) is 0.557. The van der Waals surface area contributed by atoms with E-state index in [-0.39, 0.29) is 30.6 Å². The van der Waals surface area contributed by atoms with E-state index in [0.29, 0.717) is 60.7 Å². The van der Waals surface area contributed by atoms with E-state index in [1.54, 1.807) is 25.1 Å². The Morgan fingerprint density at radius 2 is 1.97 bits per heavy atom. The van der Waals surface area contributed by atoms with Crippen LogP contribution in [0.15, 0.2) is 47.0 Å². The zero-order valence-corrected chi connectivity index (χ0v) is 20.0. The summed E-state index contributed by atoms with van der Waals surface area (Å²) in [5, 5.41) is 9.90. The molecule has 2 amide bonds. The number of methoxy groups -OCH3 is 1. The normalized spacial score (nSPS) is 20.5. The van der Waals surface area contributed by atoms with Crippen LogP contribution in [0.4, 0.5) is 0 Å². The molecule has 11 nitrogen and oxygen atoms in total. The number of amides is 2. The second-order valence-electron chi connectivity index (χ2n) is 8.73. The molecule has 188 valence electrons. The van der Waals surface area contributed by atoms with Gasteiger partial charge in [-0.1, -0.05) is 17.3 Å². The number of carbonyl (C=O) groups excluding carboxylic acids is 2. The summed E-state index contributed by atoms with van der Waals surface area (Å²) in [4.78, 5) is 31.9. The summed E-state index contributed by atoms with van der Waals surface area (Å²) in [6.07, 6.45) is -0.308. The number of aryl methyl sites for hydroxylation is 1. The highest BCUT2D eigenvalue weighted by Gasteiger charge is 2.36. The smallest absolute Gasteiger partial charge is 0.258 e. The van der Waals surface area contributed by atoms with Crippen LogP contribution >= 0.6 is 0 Å². The van der Waals surface area contributed by atoms with E-state index in [1.165, 1.54) is 7.11 Å². The Morgan fingerprint density at radius 1 is 1.14 bits per heavy atom. The third-order valence-electron chi connectivity index (χ3n) is 6.08. The number of likely N-dealkylation sites (tertiary alicyclic amines) is 1. The standard InChI is InChI=1S/C25H27N5O6/c1-15-27-23(29-36-15)13-30-11-19-22(12-30)35-18-6-3-16(4-7-18)10-26-24(31)14-34-21-9-17(25(32)28-19)5-8-20(21)33-2/h3-9,19,22H,10-14H2,1-2H3,(H,26,31)(H,28,32)/t19-,22-/m0/s1. The Morgan fingerprint density at radius 3 is 2.72 bits per heavy atom. The summed E-state index contributed by atoms with van der Waals surface area (Å²) < 4.78 is 22.4. The van der Waals surface area contributed by atoms with Gasteiger partial charge >= 0.3 is 0 Å². The molecule has 2 aromatic carbocycles. The molecule has 0 saturated carbocycles. The molecule has 2 atom stereocenters. The Hall–Kier alpha value is -4.12. The van der Waals surface area contributed by atoms with Crippen molar-refractivity contribution in [1.29, 1.82) is 0 Å². The molecule has 4 heterocycles. The summed E-state index contributed by atoms with van der Waals surface area (Å²) in [5.74, 6) is 1.91. The van der Waals surface area contributed by atoms with E-state index < -0.39 is 0 Å². The van der Waals surface area contributed by atoms with Gasteiger partial charge in [-0.05, 0) is 35.9 Å². The van der Waals surface area contributed by atoms with Crippen molar-refractivity contribution < 1.29 is 28.3 Å². The molecule has 6 rings (SSSR count). The van der Waals surface area contributed by atoms with Crippen molar-refractivity contribution in [1.82, 2.24) is 25.7 Å². The lowest BCUT2D eigenvalue weighted by molar-refractivity contribution is -0.123. The highest BCUT2D eigenvalue weighted by molar-refractivity contribution is 5.95. The monoisotopic (exact) mass is 493 g/mol. The molecule has 3 aliphatic rings. The average molecular weight is 494 g/mol. The van der Waals surface area contributed by atoms with Gasteiger partial charge in [-0.25, -0.2) is 0 Å². The van der Waals surface area contributed by atoms with Crippen molar-refractivity contribution in [2.75, 3.05) is 26.8 Å². The van der Waals surface area contributed by atoms with Crippen LogP contribution in [0.1, 0.15) is 27.6 Å². The lowest BCUT2D eigenvalue weighted by Gasteiger charge is -2.21. The van der Waals surface area contributed by atoms with Crippen molar-refractivity contribution in [2.45, 2.75) is 32.2 Å². The van der Waals surface area contributed by atoms with Gasteiger partial charge in [0, 0.05) is 32.1 Å². The largest absolute Gasteiger partial charge is 0.493 e. The number of hydrogen-bond acceptors (Lipinski definition) is 9. The van der Waals surface area contributed by atoms with E-state index in [0.717, 1.165) is 5.56 Å². The van der Waals surface area contributed by atoms with Gasteiger partial charge in [-0.3, -0.25) is 14.5 Å². The summed E-state index contributed by atoms with van der Waals surface area (Å²) >= 11 is 0. The van der Waals surface area contributed by atoms with Gasteiger partial charge in [0.2, 0.25) is 5.89 Å². The van der Waals surface area contributed by atoms with Crippen LogP contribution in [0.3, 0.4) is 0 Å². The number of benzene rings is 2. The molecule has 0 spiro atoms. The van der Waals surface area contributed by atoms with Crippen LogP contribution in [0.5, 0.6) is 17.2 Å². The lowest BCUT2D eigenvalue weighted by Crippen LogP contribution is -2.45. The average Bonchev–Trinajstić information content (AvgIpc) is 3.46. The summed E-state index contributed by atoms with van der Waals surface area (Å²) in [6.45, 7) is 3.47. The van der Waals surface area contributed by atoms with Gasteiger partial charge in [0.15, 0.2) is 23.9 Å². The van der Waals surface area contributed by atoms with Gasteiger partial charge in [-0.15, -0.1) is 0 Å². The first-order valence-electron chi connectivity index (χ1n) is 11.6. The molecule has 3 aliphatic heterocycles. The van der Waals surface area contributed by atoms with E-state index in [1.807, 2.05) is 24.3 Å². The number of carbonyl (C=O) groups is 2. The number of nitrogens with one attached hydrogen (secondary N) is 2. The molecule has 1 aromatic heterocycles. The van der Waals surface area contributed by atoms with Crippen LogP contribution < -0.4 is 24.8 Å². The Balaban J connectivity index is 1.42. The van der Waals surface area contributed by atoms with Crippen LogP contribution in [-0.2, 0) is 17.9 Å². The van der Waals surface area contributed by atoms with Crippen molar-refractivity contribution >= 4 is 11.8 Å². The number of fused-ring (bicyclic) bond motifs is 7.